The summed E-state index contributed by atoms with van der Waals surface area (Å²) in [7, 11) is 0. The zero-order valence-electron chi connectivity index (χ0n) is 8.41. The van der Waals surface area contributed by atoms with E-state index in [0.717, 1.165) is 15.0 Å². The molecule has 0 bridgehead atoms. The predicted octanol–water partition coefficient (Wildman–Crippen LogP) is 3.93. The van der Waals surface area contributed by atoms with Crippen molar-refractivity contribution in [2.24, 2.45) is 0 Å². The zero-order chi connectivity index (χ0) is 12.0. The molecule has 0 aliphatic heterocycles. The average Bonchev–Trinajstić information content (AvgIpc) is 2.83. The molecule has 0 atom stereocenters. The lowest BCUT2D eigenvalue weighted by Crippen LogP contribution is -1.82. The topological polar surface area (TPSA) is 52.0 Å². The first kappa shape index (κ1) is 10.6. The Kier molecular flexibility index (Phi) is 2.31. The summed E-state index contributed by atoms with van der Waals surface area (Å²) < 4.78 is 18.9. The molecule has 3 aromatic rings. The molecule has 3 nitrogen and oxygen atoms in total. The van der Waals surface area contributed by atoms with Crippen molar-refractivity contribution in [3.8, 4) is 10.6 Å². The summed E-state index contributed by atoms with van der Waals surface area (Å²) in [5, 5.41) is 4.80. The van der Waals surface area contributed by atoms with Crippen LogP contribution >= 0.6 is 22.9 Å². The molecule has 0 fully saturated rings. The van der Waals surface area contributed by atoms with Gasteiger partial charge in [-0.25, -0.2) is 4.39 Å². The van der Waals surface area contributed by atoms with E-state index in [9.17, 15) is 4.39 Å². The van der Waals surface area contributed by atoms with E-state index in [1.54, 1.807) is 6.07 Å². The summed E-state index contributed by atoms with van der Waals surface area (Å²) in [4.78, 5) is 0.778. The van der Waals surface area contributed by atoms with Gasteiger partial charge in [0.15, 0.2) is 11.6 Å². The molecule has 2 N–H and O–H groups in total. The van der Waals surface area contributed by atoms with E-state index in [1.807, 2.05) is 6.07 Å². The maximum atomic E-state index is 13.1. The van der Waals surface area contributed by atoms with Crippen LogP contribution in [-0.2, 0) is 0 Å². The Morgan fingerprint density at radius 2 is 2.18 bits per heavy atom. The maximum absolute atomic E-state index is 13.1. The number of aromatic nitrogens is 1. The molecule has 0 aliphatic rings. The van der Waals surface area contributed by atoms with Gasteiger partial charge in [-0.05, 0) is 23.6 Å². The number of nitrogen functional groups attached to an aromatic ring is 1. The highest BCUT2D eigenvalue weighted by Crippen LogP contribution is 2.39. The van der Waals surface area contributed by atoms with Gasteiger partial charge in [0.2, 0.25) is 0 Å². The van der Waals surface area contributed by atoms with Gasteiger partial charge in [-0.15, -0.1) is 11.3 Å². The van der Waals surface area contributed by atoms with Crippen LogP contribution in [0.1, 0.15) is 0 Å². The molecule has 2 heterocycles. The number of anilines is 1. The monoisotopic (exact) mass is 268 g/mol. The van der Waals surface area contributed by atoms with Gasteiger partial charge in [0.1, 0.15) is 10.8 Å². The van der Waals surface area contributed by atoms with E-state index >= 15 is 0 Å². The number of fused-ring (bicyclic) bond motifs is 1. The van der Waals surface area contributed by atoms with Crippen molar-refractivity contribution in [1.82, 2.24) is 5.16 Å². The smallest absolute Gasteiger partial charge is 0.197 e. The molecule has 0 radical (unpaired) electrons. The van der Waals surface area contributed by atoms with Crippen LogP contribution in [-0.4, -0.2) is 5.16 Å². The second-order valence-corrected chi connectivity index (χ2v) is 4.97. The minimum Gasteiger partial charge on any atom is -0.380 e. The molecule has 0 saturated carbocycles. The number of halogens is 2. The fourth-order valence-electron chi connectivity index (χ4n) is 1.56. The highest BCUT2D eigenvalue weighted by atomic mass is 35.5. The summed E-state index contributed by atoms with van der Waals surface area (Å²) in [5.41, 5.74) is 5.50. The predicted molar refractivity (Wildman–Crippen MR) is 66.7 cm³/mol. The van der Waals surface area contributed by atoms with E-state index in [4.69, 9.17) is 21.9 Å². The first-order valence-electron chi connectivity index (χ1n) is 4.75. The van der Waals surface area contributed by atoms with E-state index in [2.05, 4.69) is 5.16 Å². The molecule has 17 heavy (non-hydrogen) atoms. The van der Waals surface area contributed by atoms with Gasteiger partial charge in [-0.3, -0.25) is 0 Å². The van der Waals surface area contributed by atoms with Crippen LogP contribution in [0.4, 0.5) is 10.2 Å². The highest BCUT2D eigenvalue weighted by molar-refractivity contribution is 7.22. The third-order valence-electron chi connectivity index (χ3n) is 2.37. The Balaban J connectivity index is 2.21. The van der Waals surface area contributed by atoms with Gasteiger partial charge < -0.3 is 10.3 Å². The van der Waals surface area contributed by atoms with Crippen molar-refractivity contribution in [2.75, 3.05) is 5.73 Å². The number of thiophene rings is 1. The largest absolute Gasteiger partial charge is 0.380 e. The zero-order valence-corrected chi connectivity index (χ0v) is 9.98. The summed E-state index contributed by atoms with van der Waals surface area (Å²) in [5.74, 6) is 0.310. The van der Waals surface area contributed by atoms with E-state index in [-0.39, 0.29) is 16.7 Å². The van der Waals surface area contributed by atoms with Gasteiger partial charge in [0.25, 0.3) is 0 Å². The van der Waals surface area contributed by atoms with Crippen LogP contribution in [0.2, 0.25) is 5.02 Å². The minimum absolute atomic E-state index is 0.158. The van der Waals surface area contributed by atoms with Crippen molar-refractivity contribution in [2.45, 2.75) is 0 Å². The minimum atomic E-state index is -0.269. The first-order chi connectivity index (χ1) is 8.15. The lowest BCUT2D eigenvalue weighted by molar-refractivity contribution is 0.437. The van der Waals surface area contributed by atoms with Gasteiger partial charge in [-0.1, -0.05) is 22.8 Å². The van der Waals surface area contributed by atoms with E-state index in [0.29, 0.717) is 5.76 Å². The molecule has 86 valence electrons. The quantitative estimate of drug-likeness (QED) is 0.727. The second-order valence-electron chi connectivity index (χ2n) is 3.50. The molecule has 6 heteroatoms. The third-order valence-corrected chi connectivity index (χ3v) is 3.83. The molecule has 0 unspecified atom stereocenters. The van der Waals surface area contributed by atoms with Gasteiger partial charge >= 0.3 is 0 Å². The highest BCUT2D eigenvalue weighted by Gasteiger charge is 2.16. The molecule has 1 aromatic carbocycles. The lowest BCUT2D eigenvalue weighted by atomic mass is 10.2. The molecule has 0 aliphatic carbocycles. The van der Waals surface area contributed by atoms with Crippen molar-refractivity contribution in [3.05, 3.63) is 35.1 Å². The Morgan fingerprint density at radius 1 is 1.35 bits per heavy atom. The van der Waals surface area contributed by atoms with Crippen LogP contribution < -0.4 is 5.73 Å². The van der Waals surface area contributed by atoms with Crippen LogP contribution in [0.3, 0.4) is 0 Å². The SMILES string of the molecule is Nc1noc(-c2cc3ccc(F)cc3s2)c1Cl. The Hall–Kier alpha value is -1.59. The average molecular weight is 269 g/mol. The number of nitrogens with two attached hydrogens (primary N) is 1. The molecular weight excluding hydrogens is 263 g/mol. The van der Waals surface area contributed by atoms with E-state index < -0.39 is 0 Å². The molecule has 0 saturated heterocycles. The van der Waals surface area contributed by atoms with Crippen molar-refractivity contribution in [1.29, 1.82) is 0 Å². The van der Waals surface area contributed by atoms with Crippen LogP contribution in [0.15, 0.2) is 28.8 Å². The summed E-state index contributed by atoms with van der Waals surface area (Å²) in [6.45, 7) is 0. The van der Waals surface area contributed by atoms with Crippen LogP contribution in [0.25, 0.3) is 20.7 Å². The fraction of sp³-hybridized carbons (Fsp3) is 0. The van der Waals surface area contributed by atoms with Crippen molar-refractivity contribution < 1.29 is 8.91 Å². The maximum Gasteiger partial charge on any atom is 0.197 e. The van der Waals surface area contributed by atoms with Crippen LogP contribution in [0.5, 0.6) is 0 Å². The number of rotatable bonds is 1. The van der Waals surface area contributed by atoms with Gasteiger partial charge in [0.05, 0.1) is 4.88 Å². The number of hydrogen-bond donors (Lipinski definition) is 1. The molecule has 0 spiro atoms. The normalized spacial score (nSPS) is 11.2. The van der Waals surface area contributed by atoms with Gasteiger partial charge in [0, 0.05) is 4.70 Å². The number of benzene rings is 1. The molecule has 0 amide bonds. The Morgan fingerprint density at radius 3 is 2.88 bits per heavy atom. The van der Waals surface area contributed by atoms with Crippen LogP contribution in [0, 0.1) is 5.82 Å². The summed E-state index contributed by atoms with van der Waals surface area (Å²) in [6, 6.07) is 6.45. The van der Waals surface area contributed by atoms with Gasteiger partial charge in [-0.2, -0.15) is 0 Å². The Bertz CT molecular complexity index is 707. The number of nitrogens with zero attached hydrogens (tertiary/aromatic N) is 1. The first-order valence-corrected chi connectivity index (χ1v) is 5.95. The van der Waals surface area contributed by atoms with Crippen molar-refractivity contribution >= 4 is 38.8 Å². The van der Waals surface area contributed by atoms with Crippen molar-refractivity contribution in [3.63, 3.8) is 0 Å². The summed E-state index contributed by atoms with van der Waals surface area (Å²) >= 11 is 7.33. The molecule has 3 rings (SSSR count). The molecular formula is C11H6ClFN2OS. The second kappa shape index (κ2) is 3.72. The third kappa shape index (κ3) is 1.67. The molecule has 2 aromatic heterocycles. The Labute approximate surface area is 105 Å². The lowest BCUT2D eigenvalue weighted by Gasteiger charge is -1.87. The fourth-order valence-corrected chi connectivity index (χ4v) is 2.86. The summed E-state index contributed by atoms with van der Waals surface area (Å²) in [6.07, 6.45) is 0. The van der Waals surface area contributed by atoms with E-state index in [1.165, 1.54) is 23.5 Å². The number of hydrogen-bond acceptors (Lipinski definition) is 4. The standard InChI is InChI=1S/C11H6ClFN2OS/c12-9-10(16-15-11(9)14)8-3-5-1-2-6(13)4-7(5)17-8/h1-4H,(H2,14,15).